The fourth-order valence-corrected chi connectivity index (χ4v) is 3.02. The van der Waals surface area contributed by atoms with Gasteiger partial charge >= 0.3 is 6.18 Å². The highest BCUT2D eigenvalue weighted by Crippen LogP contribution is 2.40. The molecule has 2 aliphatic carbocycles. The molecular formula is C14H23F3N2O. The van der Waals surface area contributed by atoms with Crippen molar-refractivity contribution in [1.29, 1.82) is 0 Å². The maximum Gasteiger partial charge on any atom is 0.391 e. The zero-order valence-electron chi connectivity index (χ0n) is 11.7. The molecule has 0 aromatic carbocycles. The number of nitrogens with zero attached hydrogens (tertiary/aromatic N) is 1. The van der Waals surface area contributed by atoms with Crippen LogP contribution < -0.4 is 5.73 Å². The molecule has 0 saturated heterocycles. The molecule has 2 aliphatic rings. The summed E-state index contributed by atoms with van der Waals surface area (Å²) in [6, 6.07) is 0.314. The normalized spacial score (nSPS) is 27.4. The van der Waals surface area contributed by atoms with Gasteiger partial charge in [-0.15, -0.1) is 0 Å². The monoisotopic (exact) mass is 292 g/mol. The lowest BCUT2D eigenvalue weighted by molar-refractivity contribution is -0.185. The Balaban J connectivity index is 1.86. The van der Waals surface area contributed by atoms with Gasteiger partial charge < -0.3 is 10.6 Å². The Kier molecular flexibility index (Phi) is 4.94. The van der Waals surface area contributed by atoms with Crippen molar-refractivity contribution in [2.24, 2.45) is 17.6 Å². The van der Waals surface area contributed by atoms with Gasteiger partial charge in [-0.3, -0.25) is 4.79 Å². The number of rotatable bonds is 5. The van der Waals surface area contributed by atoms with Gasteiger partial charge in [0.15, 0.2) is 0 Å². The second-order valence-electron chi connectivity index (χ2n) is 6.00. The number of hydrogen-bond acceptors (Lipinski definition) is 2. The molecule has 0 aromatic rings. The third kappa shape index (κ3) is 3.87. The van der Waals surface area contributed by atoms with Crippen LogP contribution in [0.15, 0.2) is 0 Å². The minimum atomic E-state index is -4.11. The Morgan fingerprint density at radius 3 is 2.15 bits per heavy atom. The van der Waals surface area contributed by atoms with E-state index in [-0.39, 0.29) is 24.7 Å². The molecular weight excluding hydrogens is 269 g/mol. The van der Waals surface area contributed by atoms with Crippen molar-refractivity contribution in [3.05, 3.63) is 0 Å². The van der Waals surface area contributed by atoms with Crippen molar-refractivity contribution in [3.8, 4) is 0 Å². The summed E-state index contributed by atoms with van der Waals surface area (Å²) >= 11 is 0. The Morgan fingerprint density at radius 1 is 1.10 bits per heavy atom. The maximum absolute atomic E-state index is 12.6. The first-order chi connectivity index (χ1) is 9.43. The van der Waals surface area contributed by atoms with Gasteiger partial charge in [0, 0.05) is 18.5 Å². The molecule has 2 N–H and O–H groups in total. The molecule has 20 heavy (non-hydrogen) atoms. The lowest BCUT2D eigenvalue weighted by atomic mass is 9.81. The molecule has 0 radical (unpaired) electrons. The van der Waals surface area contributed by atoms with Crippen LogP contribution in [0.1, 0.15) is 44.9 Å². The predicted octanol–water partition coefficient (Wildman–Crippen LogP) is 2.69. The number of carbonyl (C=O) groups excluding carboxylic acids is 1. The summed E-state index contributed by atoms with van der Waals surface area (Å²) in [5.41, 5.74) is 5.48. The fraction of sp³-hybridized carbons (Fsp3) is 0.929. The summed E-state index contributed by atoms with van der Waals surface area (Å²) in [5, 5.41) is 0. The summed E-state index contributed by atoms with van der Waals surface area (Å²) < 4.78 is 37.9. The maximum atomic E-state index is 12.6. The quantitative estimate of drug-likeness (QED) is 0.847. The van der Waals surface area contributed by atoms with E-state index in [1.165, 1.54) is 0 Å². The lowest BCUT2D eigenvalue weighted by Crippen LogP contribution is -2.41. The molecule has 2 saturated carbocycles. The van der Waals surface area contributed by atoms with Crippen LogP contribution in [0.25, 0.3) is 0 Å². The van der Waals surface area contributed by atoms with Crippen LogP contribution >= 0.6 is 0 Å². The van der Waals surface area contributed by atoms with E-state index in [2.05, 4.69) is 0 Å². The van der Waals surface area contributed by atoms with Gasteiger partial charge in [0.25, 0.3) is 0 Å². The average molecular weight is 292 g/mol. The van der Waals surface area contributed by atoms with Gasteiger partial charge in [-0.2, -0.15) is 13.2 Å². The summed E-state index contributed by atoms with van der Waals surface area (Å²) in [6.45, 7) is 1.19. The van der Waals surface area contributed by atoms with Gasteiger partial charge in [-0.25, -0.2) is 0 Å². The molecule has 0 atom stereocenters. The second-order valence-corrected chi connectivity index (χ2v) is 6.00. The van der Waals surface area contributed by atoms with Crippen LogP contribution in [0.2, 0.25) is 0 Å². The summed E-state index contributed by atoms with van der Waals surface area (Å²) in [6.07, 6.45) is -0.374. The van der Waals surface area contributed by atoms with E-state index in [1.54, 1.807) is 0 Å². The first kappa shape index (κ1) is 15.6. The van der Waals surface area contributed by atoms with Crippen molar-refractivity contribution < 1.29 is 18.0 Å². The van der Waals surface area contributed by atoms with E-state index in [9.17, 15) is 18.0 Å². The minimum absolute atomic E-state index is 0.0570. The van der Waals surface area contributed by atoms with Crippen molar-refractivity contribution >= 4 is 5.91 Å². The highest BCUT2D eigenvalue weighted by Gasteiger charge is 2.44. The predicted molar refractivity (Wildman–Crippen MR) is 69.9 cm³/mol. The van der Waals surface area contributed by atoms with Gasteiger partial charge in [0.05, 0.1) is 5.92 Å². The molecule has 0 bridgehead atoms. The highest BCUT2D eigenvalue weighted by atomic mass is 19.4. The number of hydrogen-bond donors (Lipinski definition) is 1. The zero-order valence-corrected chi connectivity index (χ0v) is 11.7. The third-order valence-corrected chi connectivity index (χ3v) is 4.41. The van der Waals surface area contributed by atoms with Gasteiger partial charge in [-0.05, 0) is 51.5 Å². The van der Waals surface area contributed by atoms with E-state index < -0.39 is 12.1 Å². The molecule has 0 unspecified atom stereocenters. The SMILES string of the molecule is NCCCN(C(=O)C1CCC(C(F)(F)F)CC1)C1CC1. The Labute approximate surface area is 117 Å². The van der Waals surface area contributed by atoms with Crippen LogP contribution in [0, 0.1) is 11.8 Å². The van der Waals surface area contributed by atoms with Crippen molar-refractivity contribution in [3.63, 3.8) is 0 Å². The fourth-order valence-electron chi connectivity index (χ4n) is 3.02. The average Bonchev–Trinajstić information content (AvgIpc) is 3.23. The summed E-state index contributed by atoms with van der Waals surface area (Å²) in [7, 11) is 0. The number of halogens is 3. The minimum Gasteiger partial charge on any atom is -0.339 e. The molecule has 0 aromatic heterocycles. The molecule has 3 nitrogen and oxygen atoms in total. The molecule has 6 heteroatoms. The lowest BCUT2D eigenvalue weighted by Gasteiger charge is -2.33. The molecule has 0 spiro atoms. The molecule has 2 rings (SSSR count). The van der Waals surface area contributed by atoms with Crippen LogP contribution in [-0.4, -0.2) is 36.1 Å². The summed E-state index contributed by atoms with van der Waals surface area (Å²) in [4.78, 5) is 14.3. The van der Waals surface area contributed by atoms with Crippen molar-refractivity contribution in [2.75, 3.05) is 13.1 Å². The van der Waals surface area contributed by atoms with Gasteiger partial charge in [-0.1, -0.05) is 0 Å². The Morgan fingerprint density at radius 2 is 1.70 bits per heavy atom. The van der Waals surface area contributed by atoms with E-state index in [0.29, 0.717) is 32.0 Å². The van der Waals surface area contributed by atoms with Gasteiger partial charge in [0.1, 0.15) is 0 Å². The Hall–Kier alpha value is -0.780. The largest absolute Gasteiger partial charge is 0.391 e. The molecule has 0 heterocycles. The number of carbonyl (C=O) groups is 1. The first-order valence-electron chi connectivity index (χ1n) is 7.50. The van der Waals surface area contributed by atoms with Crippen molar-refractivity contribution in [1.82, 2.24) is 4.90 Å². The molecule has 0 aliphatic heterocycles. The van der Waals surface area contributed by atoms with E-state index in [0.717, 1.165) is 19.3 Å². The second kappa shape index (κ2) is 6.33. The zero-order chi connectivity index (χ0) is 14.8. The third-order valence-electron chi connectivity index (χ3n) is 4.41. The van der Waals surface area contributed by atoms with Crippen molar-refractivity contribution in [2.45, 2.75) is 57.2 Å². The highest BCUT2D eigenvalue weighted by molar-refractivity contribution is 5.79. The standard InChI is InChI=1S/C14H23F3N2O/c15-14(16,17)11-4-2-10(3-5-11)13(20)19(9-1-8-18)12-6-7-12/h10-12H,1-9,18H2. The number of amides is 1. The van der Waals surface area contributed by atoms with Crippen LogP contribution in [-0.2, 0) is 4.79 Å². The van der Waals surface area contributed by atoms with Crippen LogP contribution in [0.3, 0.4) is 0 Å². The smallest absolute Gasteiger partial charge is 0.339 e. The van der Waals surface area contributed by atoms with E-state index in [4.69, 9.17) is 5.73 Å². The molecule has 2 fully saturated rings. The van der Waals surface area contributed by atoms with E-state index in [1.807, 2.05) is 4.90 Å². The number of alkyl halides is 3. The number of nitrogens with two attached hydrogens (primary N) is 1. The first-order valence-corrected chi connectivity index (χ1v) is 7.50. The summed E-state index contributed by atoms with van der Waals surface area (Å²) in [5.74, 6) is -1.38. The Bertz CT molecular complexity index is 334. The van der Waals surface area contributed by atoms with Crippen LogP contribution in [0.5, 0.6) is 0 Å². The van der Waals surface area contributed by atoms with E-state index >= 15 is 0 Å². The van der Waals surface area contributed by atoms with Crippen LogP contribution in [0.4, 0.5) is 13.2 Å². The molecule has 1 amide bonds. The van der Waals surface area contributed by atoms with Gasteiger partial charge in [0.2, 0.25) is 5.91 Å². The molecule has 116 valence electrons. The topological polar surface area (TPSA) is 46.3 Å².